The van der Waals surface area contributed by atoms with Crippen LogP contribution < -0.4 is 5.32 Å². The van der Waals surface area contributed by atoms with Crippen LogP contribution in [0.2, 0.25) is 0 Å². The lowest BCUT2D eigenvalue weighted by atomic mass is 9.89. The molecule has 3 heterocycles. The molecule has 2 aliphatic heterocycles. The second-order valence-electron chi connectivity index (χ2n) is 9.38. The topological polar surface area (TPSA) is 79.6 Å². The number of ketones is 1. The minimum atomic E-state index is -0.0258. The Morgan fingerprint density at radius 3 is 2.62 bits per heavy atom. The summed E-state index contributed by atoms with van der Waals surface area (Å²) in [6.45, 7) is 8.17. The quantitative estimate of drug-likeness (QED) is 0.657. The van der Waals surface area contributed by atoms with Gasteiger partial charge >= 0.3 is 0 Å². The van der Waals surface area contributed by atoms with Crippen molar-refractivity contribution in [1.82, 2.24) is 14.7 Å². The molecule has 0 saturated carbocycles. The highest BCUT2D eigenvalue weighted by molar-refractivity contribution is 5.98. The maximum Gasteiger partial charge on any atom is 0.222 e. The summed E-state index contributed by atoms with van der Waals surface area (Å²) in [5, 5.41) is 7.69. The molecule has 32 heavy (non-hydrogen) atoms. The van der Waals surface area contributed by atoms with E-state index in [1.165, 1.54) is 5.56 Å². The van der Waals surface area contributed by atoms with Crippen molar-refractivity contribution >= 4 is 23.2 Å². The Morgan fingerprint density at radius 2 is 1.91 bits per heavy atom. The maximum atomic E-state index is 12.8. The molecule has 7 nitrogen and oxygen atoms in total. The van der Waals surface area contributed by atoms with Gasteiger partial charge in [0.25, 0.3) is 0 Å². The highest BCUT2D eigenvalue weighted by atomic mass is 16.2. The van der Waals surface area contributed by atoms with E-state index in [1.807, 2.05) is 41.8 Å². The number of Topliss-reactive ketones (excluding diaryl/α,β-unsaturated/α-hetero) is 1. The zero-order valence-electron chi connectivity index (χ0n) is 19.3. The highest BCUT2D eigenvalue weighted by Gasteiger charge is 2.29. The fraction of sp³-hybridized carbons (Fsp3) is 0.520. The van der Waals surface area contributed by atoms with Crippen LogP contribution in [0.4, 0.5) is 5.69 Å². The molecule has 2 aromatic rings. The van der Waals surface area contributed by atoms with Crippen LogP contribution in [0.15, 0.2) is 41.7 Å². The van der Waals surface area contributed by atoms with Gasteiger partial charge in [0.15, 0.2) is 5.78 Å². The predicted molar refractivity (Wildman–Crippen MR) is 126 cm³/mol. The van der Waals surface area contributed by atoms with E-state index in [0.717, 1.165) is 30.8 Å². The molecule has 0 bridgehead atoms. The first kappa shape index (κ1) is 22.2. The monoisotopic (exact) mass is 435 g/mol. The smallest absolute Gasteiger partial charge is 0.222 e. The largest absolute Gasteiger partial charge is 0.344 e. The highest BCUT2D eigenvalue weighted by Crippen LogP contribution is 2.25. The molecule has 1 saturated heterocycles. The van der Waals surface area contributed by atoms with Gasteiger partial charge in [0.2, 0.25) is 5.91 Å². The second kappa shape index (κ2) is 9.67. The number of hydrogen-bond acceptors (Lipinski definition) is 5. The van der Waals surface area contributed by atoms with Crippen LogP contribution >= 0.6 is 0 Å². The van der Waals surface area contributed by atoms with E-state index in [-0.39, 0.29) is 29.6 Å². The van der Waals surface area contributed by atoms with Gasteiger partial charge in [-0.05, 0) is 44.2 Å². The van der Waals surface area contributed by atoms with Gasteiger partial charge in [-0.2, -0.15) is 5.10 Å². The lowest BCUT2D eigenvalue weighted by Gasteiger charge is -2.32. The number of benzene rings is 1. The molecule has 1 aromatic heterocycles. The van der Waals surface area contributed by atoms with Gasteiger partial charge in [-0.1, -0.05) is 25.1 Å². The zero-order valence-corrected chi connectivity index (χ0v) is 19.3. The molecule has 7 heteroatoms. The van der Waals surface area contributed by atoms with E-state index in [2.05, 4.69) is 34.5 Å². The molecule has 1 fully saturated rings. The Kier molecular flexibility index (Phi) is 6.72. The van der Waals surface area contributed by atoms with Crippen LogP contribution in [0.1, 0.15) is 68.4 Å². The molecule has 170 valence electrons. The molecule has 1 amide bonds. The van der Waals surface area contributed by atoms with Gasteiger partial charge in [0.1, 0.15) is 5.84 Å². The number of amides is 1. The lowest BCUT2D eigenvalue weighted by Crippen LogP contribution is -2.41. The van der Waals surface area contributed by atoms with Crippen molar-refractivity contribution in [2.24, 2.45) is 16.8 Å². The van der Waals surface area contributed by atoms with E-state index >= 15 is 0 Å². The minimum absolute atomic E-state index is 0.0258. The summed E-state index contributed by atoms with van der Waals surface area (Å²) in [6.07, 6.45) is 6.21. The van der Waals surface area contributed by atoms with E-state index in [1.54, 1.807) is 6.20 Å². The SMILES string of the molecule is CC(C)n1cc(C(=O)C2CCN(C(=O)C[C@H](C)CC3=NCc4ccccc4N3)CC2)cn1. The van der Waals surface area contributed by atoms with Crippen LogP contribution in [-0.2, 0) is 11.3 Å². The number of piperidine rings is 1. The Labute approximate surface area is 189 Å². The predicted octanol–water partition coefficient (Wildman–Crippen LogP) is 4.33. The summed E-state index contributed by atoms with van der Waals surface area (Å²) in [5.41, 5.74) is 3.00. The summed E-state index contributed by atoms with van der Waals surface area (Å²) >= 11 is 0. The van der Waals surface area contributed by atoms with Gasteiger partial charge in [0, 0.05) is 49.8 Å². The van der Waals surface area contributed by atoms with Gasteiger partial charge in [-0.15, -0.1) is 0 Å². The number of para-hydroxylation sites is 1. The number of aromatic nitrogens is 2. The average molecular weight is 436 g/mol. The van der Waals surface area contributed by atoms with Gasteiger partial charge < -0.3 is 10.2 Å². The number of fused-ring (bicyclic) bond motifs is 1. The molecule has 1 aromatic carbocycles. The standard InChI is InChI=1S/C25H33N5O2/c1-17(2)30-16-21(15-27-30)25(32)19-8-10-29(11-9-19)24(31)13-18(3)12-23-26-14-20-6-4-5-7-22(20)28-23/h4-7,15-19H,8-14H2,1-3H3,(H,26,28)/t18-/m1/s1. The first-order valence-corrected chi connectivity index (χ1v) is 11.6. The number of anilines is 1. The number of likely N-dealkylation sites (tertiary alicyclic amines) is 1. The van der Waals surface area contributed by atoms with Crippen molar-refractivity contribution < 1.29 is 9.59 Å². The first-order chi connectivity index (χ1) is 15.4. The van der Waals surface area contributed by atoms with Crippen LogP contribution in [-0.4, -0.2) is 45.3 Å². The van der Waals surface area contributed by atoms with Gasteiger partial charge in [-0.3, -0.25) is 19.3 Å². The van der Waals surface area contributed by atoms with Crippen LogP contribution in [0.3, 0.4) is 0 Å². The Bertz CT molecular complexity index is 1000. The molecule has 1 N–H and O–H groups in total. The van der Waals surface area contributed by atoms with Crippen molar-refractivity contribution in [3.8, 4) is 0 Å². The van der Waals surface area contributed by atoms with Crippen molar-refractivity contribution in [2.45, 2.75) is 59.0 Å². The van der Waals surface area contributed by atoms with E-state index in [9.17, 15) is 9.59 Å². The number of carbonyl (C=O) groups is 2. The fourth-order valence-corrected chi connectivity index (χ4v) is 4.48. The van der Waals surface area contributed by atoms with Crippen LogP contribution in [0.5, 0.6) is 0 Å². The molecule has 1 atom stereocenters. The molecular formula is C25H33N5O2. The van der Waals surface area contributed by atoms with Crippen molar-refractivity contribution in [1.29, 1.82) is 0 Å². The molecular weight excluding hydrogens is 402 g/mol. The second-order valence-corrected chi connectivity index (χ2v) is 9.38. The molecule has 4 rings (SSSR count). The molecule has 0 aliphatic carbocycles. The van der Waals surface area contributed by atoms with Crippen molar-refractivity contribution in [3.63, 3.8) is 0 Å². The Balaban J connectivity index is 1.24. The third-order valence-corrected chi connectivity index (χ3v) is 6.44. The van der Waals surface area contributed by atoms with Crippen LogP contribution in [0.25, 0.3) is 0 Å². The third kappa shape index (κ3) is 5.09. The fourth-order valence-electron chi connectivity index (χ4n) is 4.48. The van der Waals surface area contributed by atoms with Gasteiger partial charge in [-0.25, -0.2) is 0 Å². The average Bonchev–Trinajstić information content (AvgIpc) is 3.29. The zero-order chi connectivity index (χ0) is 22.7. The first-order valence-electron chi connectivity index (χ1n) is 11.6. The molecule has 0 unspecified atom stereocenters. The summed E-state index contributed by atoms with van der Waals surface area (Å²) in [6, 6.07) is 8.44. The summed E-state index contributed by atoms with van der Waals surface area (Å²) < 4.78 is 1.82. The third-order valence-electron chi connectivity index (χ3n) is 6.44. The number of nitrogens with one attached hydrogen (secondary N) is 1. The van der Waals surface area contributed by atoms with E-state index in [4.69, 9.17) is 0 Å². The molecule has 2 aliphatic rings. The number of carbonyl (C=O) groups excluding carboxylic acids is 2. The van der Waals surface area contributed by atoms with E-state index in [0.29, 0.717) is 31.6 Å². The number of amidine groups is 1. The number of hydrogen-bond donors (Lipinski definition) is 1. The normalized spacial score (nSPS) is 17.5. The number of aliphatic imine (C=N–C) groups is 1. The van der Waals surface area contributed by atoms with Crippen molar-refractivity contribution in [2.75, 3.05) is 18.4 Å². The van der Waals surface area contributed by atoms with Crippen LogP contribution in [0, 0.1) is 11.8 Å². The van der Waals surface area contributed by atoms with Gasteiger partial charge in [0.05, 0.1) is 18.3 Å². The summed E-state index contributed by atoms with van der Waals surface area (Å²) in [4.78, 5) is 32.2. The number of nitrogens with zero attached hydrogens (tertiary/aromatic N) is 4. The summed E-state index contributed by atoms with van der Waals surface area (Å²) in [7, 11) is 0. The molecule has 0 spiro atoms. The minimum Gasteiger partial charge on any atom is -0.344 e. The maximum absolute atomic E-state index is 12.8. The summed E-state index contributed by atoms with van der Waals surface area (Å²) in [5.74, 6) is 1.46. The lowest BCUT2D eigenvalue weighted by molar-refractivity contribution is -0.133. The Hall–Kier alpha value is -2.96. The number of rotatable bonds is 7. The molecule has 0 radical (unpaired) electrons. The Morgan fingerprint density at radius 1 is 1.16 bits per heavy atom. The van der Waals surface area contributed by atoms with E-state index < -0.39 is 0 Å². The van der Waals surface area contributed by atoms with Crippen molar-refractivity contribution in [3.05, 3.63) is 47.8 Å².